The Labute approximate surface area is 200 Å². The maximum absolute atomic E-state index is 13.5. The molecule has 0 amide bonds. The first-order valence-corrected chi connectivity index (χ1v) is 13.6. The summed E-state index contributed by atoms with van der Waals surface area (Å²) in [7, 11) is 0. The zero-order valence-electron chi connectivity index (χ0n) is 21.8. The van der Waals surface area contributed by atoms with Crippen LogP contribution >= 0.6 is 0 Å². The highest BCUT2D eigenvalue weighted by atomic mass is 16.5. The van der Waals surface area contributed by atoms with Crippen LogP contribution in [0, 0.1) is 40.4 Å². The maximum atomic E-state index is 13.5. The first-order chi connectivity index (χ1) is 15.5. The van der Waals surface area contributed by atoms with Gasteiger partial charge in [0.1, 0.15) is 6.10 Å². The number of hydrogen-bond donors (Lipinski definition) is 1. The smallest absolute Gasteiger partial charge is 0.302 e. The van der Waals surface area contributed by atoms with Gasteiger partial charge in [0, 0.05) is 18.9 Å². The number of aliphatic hydroxyl groups excluding tert-OH is 1. The van der Waals surface area contributed by atoms with Crippen molar-refractivity contribution in [3.63, 3.8) is 0 Å². The third kappa shape index (κ3) is 4.34. The number of esters is 1. The summed E-state index contributed by atoms with van der Waals surface area (Å²) in [6.45, 7) is 12.8. The molecule has 8 atom stereocenters. The van der Waals surface area contributed by atoms with E-state index in [1.807, 2.05) is 0 Å². The molecule has 1 N–H and O–H groups in total. The van der Waals surface area contributed by atoms with Crippen LogP contribution in [-0.4, -0.2) is 29.1 Å². The molecule has 4 rings (SSSR count). The number of carbonyl (C=O) groups is 2. The second-order valence-electron chi connectivity index (χ2n) is 12.8. The second kappa shape index (κ2) is 9.13. The monoisotopic (exact) mass is 458 g/mol. The molecule has 0 spiro atoms. The van der Waals surface area contributed by atoms with Gasteiger partial charge in [0.2, 0.25) is 0 Å². The van der Waals surface area contributed by atoms with Crippen LogP contribution in [0.5, 0.6) is 0 Å². The number of aliphatic hydroxyl groups is 1. The highest BCUT2D eigenvalue weighted by molar-refractivity contribution is 6.00. The zero-order chi connectivity index (χ0) is 24.1. The summed E-state index contributed by atoms with van der Waals surface area (Å²) in [5, 5.41) is 10.3. The van der Waals surface area contributed by atoms with Gasteiger partial charge in [0.05, 0.1) is 6.10 Å². The lowest BCUT2D eigenvalue weighted by molar-refractivity contribution is -0.152. The number of ketones is 1. The fourth-order valence-corrected chi connectivity index (χ4v) is 8.46. The number of carbonyl (C=O) groups excluding carboxylic acids is 2. The molecule has 0 aliphatic heterocycles. The lowest BCUT2D eigenvalue weighted by atomic mass is 9.48. The molecule has 0 bridgehead atoms. The average Bonchev–Trinajstić information content (AvgIpc) is 3.02. The molecule has 0 aromatic heterocycles. The second-order valence-corrected chi connectivity index (χ2v) is 12.8. The Morgan fingerprint density at radius 3 is 2.52 bits per heavy atom. The Bertz CT molecular complexity index is 812. The van der Waals surface area contributed by atoms with Gasteiger partial charge >= 0.3 is 5.97 Å². The predicted molar refractivity (Wildman–Crippen MR) is 130 cm³/mol. The van der Waals surface area contributed by atoms with Crippen molar-refractivity contribution in [1.82, 2.24) is 0 Å². The van der Waals surface area contributed by atoms with Crippen LogP contribution in [0.2, 0.25) is 0 Å². The van der Waals surface area contributed by atoms with E-state index in [4.69, 9.17) is 4.74 Å². The van der Waals surface area contributed by atoms with Gasteiger partial charge in [-0.05, 0) is 98.2 Å². The molecule has 1 unspecified atom stereocenters. The van der Waals surface area contributed by atoms with Crippen LogP contribution in [0.15, 0.2) is 11.1 Å². The van der Waals surface area contributed by atoms with Crippen LogP contribution in [0.3, 0.4) is 0 Å². The normalized spacial score (nSPS) is 40.2. The van der Waals surface area contributed by atoms with Gasteiger partial charge in [-0.3, -0.25) is 9.59 Å². The first-order valence-electron chi connectivity index (χ1n) is 13.6. The van der Waals surface area contributed by atoms with Gasteiger partial charge < -0.3 is 9.84 Å². The third-order valence-corrected chi connectivity index (χ3v) is 10.5. The molecule has 0 radical (unpaired) electrons. The number of Topliss-reactive ketones (excluding diaryl/α,β-unsaturated/α-hetero) is 1. The van der Waals surface area contributed by atoms with Crippen molar-refractivity contribution in [1.29, 1.82) is 0 Å². The van der Waals surface area contributed by atoms with Gasteiger partial charge in [0.25, 0.3) is 0 Å². The fourth-order valence-electron chi connectivity index (χ4n) is 8.46. The Morgan fingerprint density at radius 2 is 1.85 bits per heavy atom. The molecule has 0 aromatic carbocycles. The largest absolute Gasteiger partial charge is 0.463 e. The Balaban J connectivity index is 1.55. The number of allylic oxidation sites excluding steroid dienone is 2. The Morgan fingerprint density at radius 1 is 1.12 bits per heavy atom. The van der Waals surface area contributed by atoms with E-state index in [1.54, 1.807) is 0 Å². The van der Waals surface area contributed by atoms with Crippen molar-refractivity contribution >= 4 is 11.8 Å². The quantitative estimate of drug-likeness (QED) is 0.478. The lowest BCUT2D eigenvalue weighted by Crippen LogP contribution is -2.49. The Hall–Kier alpha value is -1.16. The molecule has 0 saturated heterocycles. The van der Waals surface area contributed by atoms with E-state index in [0.29, 0.717) is 35.9 Å². The van der Waals surface area contributed by atoms with Crippen molar-refractivity contribution < 1.29 is 19.4 Å². The molecule has 4 nitrogen and oxygen atoms in total. The summed E-state index contributed by atoms with van der Waals surface area (Å²) in [5.41, 5.74) is 2.94. The molecule has 4 heteroatoms. The molecule has 3 fully saturated rings. The molecule has 4 aliphatic rings. The standard InChI is InChI=1S/C29H46O4/c1-17(2)25(31)10-7-18(3)24-16-26(32)27-22-9-8-20-15-21(33-19(4)30)11-13-28(20,5)23(22)12-14-29(24,27)6/h17-18,20-21,23-25,31H,7-16H2,1-6H3/t18-,20+,21+,23+,24-,25?,28+,29-/m1/s1. The van der Waals surface area contributed by atoms with Crippen molar-refractivity contribution in [2.24, 2.45) is 40.4 Å². The first kappa shape index (κ1) is 24.9. The highest BCUT2D eigenvalue weighted by Crippen LogP contribution is 2.65. The summed E-state index contributed by atoms with van der Waals surface area (Å²) >= 11 is 0. The van der Waals surface area contributed by atoms with Crippen molar-refractivity contribution in [2.45, 2.75) is 118 Å². The van der Waals surface area contributed by atoms with Crippen molar-refractivity contribution in [2.75, 3.05) is 0 Å². The Kier molecular flexibility index (Phi) is 6.90. The van der Waals surface area contributed by atoms with E-state index in [1.165, 1.54) is 24.5 Å². The molecular formula is C29H46O4. The molecular weight excluding hydrogens is 412 g/mol. The predicted octanol–water partition coefficient (Wildman–Crippen LogP) is 6.25. The molecule has 3 saturated carbocycles. The highest BCUT2D eigenvalue weighted by Gasteiger charge is 2.58. The molecule has 33 heavy (non-hydrogen) atoms. The van der Waals surface area contributed by atoms with E-state index >= 15 is 0 Å². The van der Waals surface area contributed by atoms with E-state index in [2.05, 4.69) is 34.6 Å². The fraction of sp³-hybridized carbons (Fsp3) is 0.862. The summed E-state index contributed by atoms with van der Waals surface area (Å²) in [6.07, 6.45) is 9.83. The van der Waals surface area contributed by atoms with Gasteiger partial charge in [0.15, 0.2) is 5.78 Å². The zero-order valence-corrected chi connectivity index (χ0v) is 21.8. The lowest BCUT2D eigenvalue weighted by Gasteiger charge is -2.56. The van der Waals surface area contributed by atoms with Crippen LogP contribution in [0.4, 0.5) is 0 Å². The average molecular weight is 459 g/mol. The van der Waals surface area contributed by atoms with Crippen molar-refractivity contribution in [3.05, 3.63) is 11.1 Å². The summed E-state index contributed by atoms with van der Waals surface area (Å²) < 4.78 is 5.60. The topological polar surface area (TPSA) is 63.6 Å². The van der Waals surface area contributed by atoms with Crippen LogP contribution in [0.1, 0.15) is 106 Å². The van der Waals surface area contributed by atoms with Gasteiger partial charge in [-0.15, -0.1) is 0 Å². The van der Waals surface area contributed by atoms with Crippen molar-refractivity contribution in [3.8, 4) is 0 Å². The molecule has 4 aliphatic carbocycles. The van der Waals surface area contributed by atoms with Crippen LogP contribution in [-0.2, 0) is 14.3 Å². The van der Waals surface area contributed by atoms with Crippen LogP contribution in [0.25, 0.3) is 0 Å². The van der Waals surface area contributed by atoms with E-state index in [9.17, 15) is 14.7 Å². The number of rotatable bonds is 6. The minimum absolute atomic E-state index is 0.00323. The summed E-state index contributed by atoms with van der Waals surface area (Å²) in [4.78, 5) is 25.0. The summed E-state index contributed by atoms with van der Waals surface area (Å²) in [6, 6.07) is 0. The van der Waals surface area contributed by atoms with Gasteiger partial charge in [-0.1, -0.05) is 40.2 Å². The van der Waals surface area contributed by atoms with Gasteiger partial charge in [-0.25, -0.2) is 0 Å². The SMILES string of the molecule is CC(=O)O[C@H]1CC[C@@]2(C)[C@@H](CCC3=C4C(=O)C[C@H]([C@H](C)CCC(O)C(C)C)[C@@]4(C)CC[C@@H]32)C1. The molecule has 186 valence electrons. The number of ether oxygens (including phenoxy) is 1. The minimum atomic E-state index is -0.247. The van der Waals surface area contributed by atoms with E-state index < -0.39 is 0 Å². The third-order valence-electron chi connectivity index (χ3n) is 10.5. The molecule has 0 aromatic rings. The van der Waals surface area contributed by atoms with E-state index in [-0.39, 0.29) is 34.9 Å². The molecule has 0 heterocycles. The van der Waals surface area contributed by atoms with E-state index in [0.717, 1.165) is 51.4 Å². The minimum Gasteiger partial charge on any atom is -0.463 e. The maximum Gasteiger partial charge on any atom is 0.302 e. The van der Waals surface area contributed by atoms with Crippen LogP contribution < -0.4 is 0 Å². The number of fused-ring (bicyclic) bond motifs is 4. The summed E-state index contributed by atoms with van der Waals surface area (Å²) in [5.74, 6) is 2.49. The van der Waals surface area contributed by atoms with Gasteiger partial charge in [-0.2, -0.15) is 0 Å². The number of hydrogen-bond acceptors (Lipinski definition) is 4.